The van der Waals surface area contributed by atoms with Crippen LogP contribution < -0.4 is 10.6 Å². The van der Waals surface area contributed by atoms with Gasteiger partial charge in [-0.2, -0.15) is 0 Å². The zero-order chi connectivity index (χ0) is 40.9. The highest BCUT2D eigenvalue weighted by Crippen LogP contribution is 2.49. The molecule has 0 aromatic heterocycles. The third-order valence-electron chi connectivity index (χ3n) is 10.6. The van der Waals surface area contributed by atoms with Crippen molar-refractivity contribution in [2.45, 2.75) is 35.7 Å². The van der Waals surface area contributed by atoms with E-state index in [9.17, 15) is 9.90 Å². The molecule has 6 nitrogen and oxygen atoms in total. The van der Waals surface area contributed by atoms with E-state index in [0.717, 1.165) is 38.9 Å². The summed E-state index contributed by atoms with van der Waals surface area (Å²) in [6.45, 7) is 1.91. The number of ether oxygens (including phenoxy) is 1. The van der Waals surface area contributed by atoms with Crippen LogP contribution in [0.2, 0.25) is 0 Å². The molecule has 3 N–H and O–H groups in total. The number of aromatic hydroxyl groups is 1. The van der Waals surface area contributed by atoms with Crippen molar-refractivity contribution in [3.8, 4) is 5.75 Å². The van der Waals surface area contributed by atoms with Gasteiger partial charge >= 0.3 is 5.97 Å². The number of nitrogens with one attached hydrogen (secondary N) is 2. The average Bonchev–Trinajstić information content (AvgIpc) is 3.30. The van der Waals surface area contributed by atoms with Crippen LogP contribution in [-0.4, -0.2) is 41.4 Å². The quantitative estimate of drug-likeness (QED) is 0.0629. The largest absolute Gasteiger partial charge is 0.508 e. The van der Waals surface area contributed by atoms with E-state index in [1.54, 1.807) is 43.0 Å². The summed E-state index contributed by atoms with van der Waals surface area (Å²) in [5, 5.41) is 17.1. The van der Waals surface area contributed by atoms with E-state index in [2.05, 4.69) is 120 Å². The van der Waals surface area contributed by atoms with Gasteiger partial charge in [0, 0.05) is 12.2 Å². The van der Waals surface area contributed by atoms with Crippen molar-refractivity contribution in [3.05, 3.63) is 245 Å². The third-order valence-corrected chi connectivity index (χ3v) is 12.2. The third kappa shape index (κ3) is 9.18. The van der Waals surface area contributed by atoms with Gasteiger partial charge in [-0.15, -0.1) is 11.8 Å². The van der Waals surface area contributed by atoms with Crippen LogP contribution in [0.5, 0.6) is 5.75 Å². The molecular formula is C52H48N2O4S. The molecule has 0 saturated heterocycles. The standard InChI is InChI=1S/C52H48N2O4S/c1-2-58-50(57)47(37-39-33-35-46(55)36-34-39)53-49(56)48(54-51(40-21-9-3-10-22-40,41-23-11-4-12-24-41)42-25-13-5-14-26-42)38-59-52(43-27-15-6-16-28-43,44-29-17-7-18-30-44)45-31-19-8-20-32-45/h3-36,47-48,54-55H,2,37-38H2,1H3,(H,53,56). The molecule has 0 heterocycles. The van der Waals surface area contributed by atoms with Crippen molar-refractivity contribution < 1.29 is 19.4 Å². The van der Waals surface area contributed by atoms with E-state index in [-0.39, 0.29) is 30.4 Å². The number of rotatable bonds is 17. The second-order valence-corrected chi connectivity index (χ2v) is 15.6. The predicted octanol–water partition coefficient (Wildman–Crippen LogP) is 9.66. The van der Waals surface area contributed by atoms with Gasteiger partial charge in [0.15, 0.2) is 0 Å². The molecule has 7 heteroatoms. The van der Waals surface area contributed by atoms with E-state index in [1.165, 1.54) is 0 Å². The van der Waals surface area contributed by atoms with Gasteiger partial charge in [-0.05, 0) is 58.0 Å². The van der Waals surface area contributed by atoms with Gasteiger partial charge in [0.1, 0.15) is 11.8 Å². The van der Waals surface area contributed by atoms with Crippen LogP contribution in [0, 0.1) is 0 Å². The molecule has 7 rings (SSSR count). The van der Waals surface area contributed by atoms with Crippen LogP contribution in [0.4, 0.5) is 0 Å². The minimum Gasteiger partial charge on any atom is -0.508 e. The SMILES string of the molecule is CCOC(=O)C(Cc1ccc(O)cc1)NC(=O)C(CSC(c1ccccc1)(c1ccccc1)c1ccccc1)NC(c1ccccc1)(c1ccccc1)c1ccccc1. The predicted molar refractivity (Wildman–Crippen MR) is 238 cm³/mol. The van der Waals surface area contributed by atoms with Crippen LogP contribution >= 0.6 is 11.8 Å². The summed E-state index contributed by atoms with van der Waals surface area (Å²) >= 11 is 1.68. The number of amides is 1. The summed E-state index contributed by atoms with van der Waals surface area (Å²) in [5.41, 5.74) is 5.82. The van der Waals surface area contributed by atoms with E-state index in [1.807, 2.05) is 72.8 Å². The zero-order valence-electron chi connectivity index (χ0n) is 33.0. The Bertz CT molecular complexity index is 2170. The van der Waals surface area contributed by atoms with Gasteiger partial charge < -0.3 is 15.2 Å². The Morgan fingerprint density at radius 2 is 0.915 bits per heavy atom. The number of phenols is 1. The maximum Gasteiger partial charge on any atom is 0.328 e. The fourth-order valence-corrected chi connectivity index (χ4v) is 9.37. The molecule has 0 fully saturated rings. The monoisotopic (exact) mass is 796 g/mol. The molecule has 0 radical (unpaired) electrons. The van der Waals surface area contributed by atoms with E-state index >= 15 is 4.79 Å². The highest BCUT2D eigenvalue weighted by molar-refractivity contribution is 8.00. The fourth-order valence-electron chi connectivity index (χ4n) is 7.81. The minimum atomic E-state index is -1.00. The van der Waals surface area contributed by atoms with Crippen molar-refractivity contribution in [1.29, 1.82) is 0 Å². The lowest BCUT2D eigenvalue weighted by Crippen LogP contribution is -2.58. The number of phenolic OH excluding ortho intramolecular Hbond substituents is 1. The molecule has 296 valence electrons. The highest BCUT2D eigenvalue weighted by atomic mass is 32.2. The van der Waals surface area contributed by atoms with Crippen molar-refractivity contribution >= 4 is 23.6 Å². The summed E-state index contributed by atoms with van der Waals surface area (Å²) in [6.07, 6.45) is 0.175. The van der Waals surface area contributed by atoms with Crippen LogP contribution in [0.1, 0.15) is 45.9 Å². The van der Waals surface area contributed by atoms with Gasteiger partial charge in [0.05, 0.1) is 22.9 Å². The number of hydrogen-bond donors (Lipinski definition) is 3. The first-order chi connectivity index (χ1) is 28.9. The molecule has 59 heavy (non-hydrogen) atoms. The summed E-state index contributed by atoms with van der Waals surface area (Å²) < 4.78 is 4.82. The smallest absolute Gasteiger partial charge is 0.328 e. The molecule has 0 aliphatic carbocycles. The summed E-state index contributed by atoms with van der Waals surface area (Å²) in [6, 6.07) is 66.6. The Morgan fingerprint density at radius 3 is 1.29 bits per heavy atom. The Balaban J connectivity index is 1.40. The van der Waals surface area contributed by atoms with Crippen LogP contribution in [0.3, 0.4) is 0 Å². The molecule has 0 aliphatic heterocycles. The lowest BCUT2D eigenvalue weighted by Gasteiger charge is -2.41. The fraction of sp³-hybridized carbons (Fsp3) is 0.154. The second-order valence-electron chi connectivity index (χ2n) is 14.3. The first-order valence-corrected chi connectivity index (χ1v) is 20.9. The molecular weight excluding hydrogens is 749 g/mol. The number of benzene rings is 7. The van der Waals surface area contributed by atoms with Crippen molar-refractivity contribution in [2.75, 3.05) is 12.4 Å². The van der Waals surface area contributed by atoms with Gasteiger partial charge in [-0.3, -0.25) is 10.1 Å². The number of thioether (sulfide) groups is 1. The summed E-state index contributed by atoms with van der Waals surface area (Å²) in [5.74, 6) is -0.491. The Kier molecular flexibility index (Phi) is 13.4. The van der Waals surface area contributed by atoms with Crippen molar-refractivity contribution in [3.63, 3.8) is 0 Å². The lowest BCUT2D eigenvalue weighted by atomic mass is 9.76. The summed E-state index contributed by atoms with van der Waals surface area (Å²) in [7, 11) is 0. The van der Waals surface area contributed by atoms with Crippen molar-refractivity contribution in [2.24, 2.45) is 0 Å². The molecule has 1 amide bonds. The van der Waals surface area contributed by atoms with E-state index < -0.39 is 28.3 Å². The first kappa shape index (κ1) is 40.8. The van der Waals surface area contributed by atoms with Gasteiger partial charge in [-0.1, -0.05) is 194 Å². The van der Waals surface area contributed by atoms with Gasteiger partial charge in [-0.25, -0.2) is 4.79 Å². The molecule has 0 aliphatic rings. The maximum atomic E-state index is 15.4. The van der Waals surface area contributed by atoms with Crippen LogP contribution in [0.15, 0.2) is 206 Å². The molecule has 7 aromatic rings. The number of carbonyl (C=O) groups excluding carboxylic acids is 2. The number of hydrogen-bond acceptors (Lipinski definition) is 6. The molecule has 7 aromatic carbocycles. The molecule has 2 atom stereocenters. The Labute approximate surface area is 351 Å². The normalized spacial score (nSPS) is 12.6. The van der Waals surface area contributed by atoms with E-state index in [4.69, 9.17) is 4.74 Å². The molecule has 0 saturated carbocycles. The average molecular weight is 797 g/mol. The van der Waals surface area contributed by atoms with Crippen LogP contribution in [0.25, 0.3) is 0 Å². The molecule has 0 bridgehead atoms. The highest BCUT2D eigenvalue weighted by Gasteiger charge is 2.43. The van der Waals surface area contributed by atoms with Gasteiger partial charge in [0.25, 0.3) is 0 Å². The van der Waals surface area contributed by atoms with E-state index in [0.29, 0.717) is 0 Å². The van der Waals surface area contributed by atoms with Gasteiger partial charge in [0.2, 0.25) is 5.91 Å². The Hall–Kier alpha value is -6.41. The lowest BCUT2D eigenvalue weighted by molar-refractivity contribution is -0.147. The minimum absolute atomic E-state index is 0.115. The second kappa shape index (κ2) is 19.4. The zero-order valence-corrected chi connectivity index (χ0v) is 33.8. The summed E-state index contributed by atoms with van der Waals surface area (Å²) in [4.78, 5) is 29.1. The molecule has 2 unspecified atom stereocenters. The maximum absolute atomic E-state index is 15.4. The molecule has 0 spiro atoms. The van der Waals surface area contributed by atoms with Crippen LogP contribution in [-0.2, 0) is 31.0 Å². The number of esters is 1. The van der Waals surface area contributed by atoms with Crippen molar-refractivity contribution in [1.82, 2.24) is 10.6 Å². The first-order valence-electron chi connectivity index (χ1n) is 19.9. The number of carbonyl (C=O) groups is 2. The topological polar surface area (TPSA) is 87.7 Å². The Morgan fingerprint density at radius 1 is 0.542 bits per heavy atom.